The fourth-order valence-electron chi connectivity index (χ4n) is 1.98. The Morgan fingerprint density at radius 2 is 1.94 bits per heavy atom. The van der Waals surface area contributed by atoms with Gasteiger partial charge in [0.25, 0.3) is 0 Å². The van der Waals surface area contributed by atoms with Crippen LogP contribution in [0.2, 0.25) is 0 Å². The molecular formula is C11H23NO4. The van der Waals surface area contributed by atoms with Crippen molar-refractivity contribution in [1.82, 2.24) is 5.32 Å². The predicted molar refractivity (Wildman–Crippen MR) is 60.4 cm³/mol. The highest BCUT2D eigenvalue weighted by Gasteiger charge is 2.41. The topological polar surface area (TPSA) is 49.0 Å². The van der Waals surface area contributed by atoms with Crippen LogP contribution in [0, 0.1) is 0 Å². The summed E-state index contributed by atoms with van der Waals surface area (Å²) in [6.07, 6.45) is 1.13. The summed E-state index contributed by atoms with van der Waals surface area (Å²) >= 11 is 0. The average Bonchev–Trinajstić information content (AvgIpc) is 2.28. The molecule has 1 aliphatic carbocycles. The molecule has 1 rings (SSSR count). The first kappa shape index (κ1) is 13.9. The molecule has 1 saturated carbocycles. The van der Waals surface area contributed by atoms with E-state index in [-0.39, 0.29) is 18.5 Å². The van der Waals surface area contributed by atoms with Crippen LogP contribution in [0.5, 0.6) is 0 Å². The summed E-state index contributed by atoms with van der Waals surface area (Å²) in [4.78, 5) is 0. The van der Waals surface area contributed by atoms with Crippen molar-refractivity contribution in [2.75, 3.05) is 34.5 Å². The van der Waals surface area contributed by atoms with Crippen LogP contribution in [-0.2, 0) is 18.9 Å². The van der Waals surface area contributed by atoms with Gasteiger partial charge in [-0.25, -0.2) is 0 Å². The van der Waals surface area contributed by atoms with E-state index in [9.17, 15) is 0 Å². The molecule has 3 atom stereocenters. The van der Waals surface area contributed by atoms with Crippen LogP contribution in [-0.4, -0.2) is 59.0 Å². The Kier molecular flexibility index (Phi) is 6.23. The van der Waals surface area contributed by atoms with Gasteiger partial charge >= 0.3 is 0 Å². The molecule has 0 saturated heterocycles. The standard InChI is InChI=1S/C11H23NO4/c1-5-16-9-6-8(11(9)15-4)12-7-10(13-2)14-3/h8-12H,5-7H2,1-4H3. The molecule has 0 radical (unpaired) electrons. The molecule has 1 fully saturated rings. The number of ether oxygens (including phenoxy) is 4. The second-order valence-electron chi connectivity index (χ2n) is 3.85. The highest BCUT2D eigenvalue weighted by atomic mass is 16.7. The lowest BCUT2D eigenvalue weighted by atomic mass is 9.85. The van der Waals surface area contributed by atoms with Gasteiger partial charge in [-0.15, -0.1) is 0 Å². The van der Waals surface area contributed by atoms with Gasteiger partial charge in [-0.2, -0.15) is 0 Å². The van der Waals surface area contributed by atoms with Crippen LogP contribution >= 0.6 is 0 Å². The minimum Gasteiger partial charge on any atom is -0.377 e. The zero-order valence-electron chi connectivity index (χ0n) is 10.6. The molecule has 0 aliphatic heterocycles. The van der Waals surface area contributed by atoms with E-state index in [1.54, 1.807) is 21.3 Å². The van der Waals surface area contributed by atoms with Crippen molar-refractivity contribution in [3.05, 3.63) is 0 Å². The van der Waals surface area contributed by atoms with Crippen LogP contribution in [0.15, 0.2) is 0 Å². The first-order chi connectivity index (χ1) is 7.76. The molecule has 96 valence electrons. The fraction of sp³-hybridized carbons (Fsp3) is 1.00. The lowest BCUT2D eigenvalue weighted by Gasteiger charge is -2.43. The number of rotatable bonds is 8. The number of methoxy groups -OCH3 is 3. The van der Waals surface area contributed by atoms with Gasteiger partial charge in [-0.3, -0.25) is 0 Å². The van der Waals surface area contributed by atoms with Crippen LogP contribution in [0.3, 0.4) is 0 Å². The van der Waals surface area contributed by atoms with Crippen molar-refractivity contribution in [2.45, 2.75) is 37.9 Å². The quantitative estimate of drug-likeness (QED) is 0.614. The summed E-state index contributed by atoms with van der Waals surface area (Å²) in [5.41, 5.74) is 0. The lowest BCUT2D eigenvalue weighted by molar-refractivity contribution is -0.142. The van der Waals surface area contributed by atoms with Gasteiger partial charge in [-0.1, -0.05) is 0 Å². The lowest BCUT2D eigenvalue weighted by Crippen LogP contribution is -2.60. The SMILES string of the molecule is CCOC1CC(NCC(OC)OC)C1OC. The normalized spacial score (nSPS) is 29.4. The predicted octanol–water partition coefficient (Wildman–Crippen LogP) is 0.387. The van der Waals surface area contributed by atoms with Crippen molar-refractivity contribution in [3.63, 3.8) is 0 Å². The molecule has 0 amide bonds. The summed E-state index contributed by atoms with van der Waals surface area (Å²) in [5, 5.41) is 3.36. The van der Waals surface area contributed by atoms with Crippen molar-refractivity contribution in [3.8, 4) is 0 Å². The molecule has 0 aromatic rings. The minimum atomic E-state index is -0.205. The van der Waals surface area contributed by atoms with Gasteiger partial charge in [0.05, 0.1) is 12.2 Å². The van der Waals surface area contributed by atoms with Crippen LogP contribution in [0.25, 0.3) is 0 Å². The van der Waals surface area contributed by atoms with E-state index in [2.05, 4.69) is 5.32 Å². The van der Waals surface area contributed by atoms with E-state index in [4.69, 9.17) is 18.9 Å². The Morgan fingerprint density at radius 3 is 2.44 bits per heavy atom. The monoisotopic (exact) mass is 233 g/mol. The van der Waals surface area contributed by atoms with E-state index in [0.29, 0.717) is 12.6 Å². The molecule has 0 aromatic heterocycles. The summed E-state index contributed by atoms with van der Waals surface area (Å²) in [7, 11) is 4.98. The Hall–Kier alpha value is -0.200. The first-order valence-electron chi connectivity index (χ1n) is 5.70. The maximum absolute atomic E-state index is 5.54. The summed E-state index contributed by atoms with van der Waals surface area (Å²) < 4.78 is 21.1. The molecule has 3 unspecified atom stereocenters. The molecule has 1 aliphatic rings. The van der Waals surface area contributed by atoms with Gasteiger partial charge in [0.2, 0.25) is 0 Å². The highest BCUT2D eigenvalue weighted by Crippen LogP contribution is 2.26. The second kappa shape index (κ2) is 7.19. The molecular weight excluding hydrogens is 210 g/mol. The largest absolute Gasteiger partial charge is 0.377 e. The van der Waals surface area contributed by atoms with E-state index in [1.807, 2.05) is 6.92 Å². The molecule has 5 heteroatoms. The maximum Gasteiger partial charge on any atom is 0.169 e. The zero-order chi connectivity index (χ0) is 12.0. The Bertz CT molecular complexity index is 187. The summed E-state index contributed by atoms with van der Waals surface area (Å²) in [6, 6.07) is 0.328. The van der Waals surface area contributed by atoms with Crippen molar-refractivity contribution < 1.29 is 18.9 Å². The Balaban J connectivity index is 2.23. The van der Waals surface area contributed by atoms with Gasteiger partial charge in [0, 0.05) is 40.5 Å². The molecule has 16 heavy (non-hydrogen) atoms. The third-order valence-electron chi connectivity index (χ3n) is 2.97. The van der Waals surface area contributed by atoms with E-state index in [0.717, 1.165) is 13.0 Å². The van der Waals surface area contributed by atoms with Crippen molar-refractivity contribution in [2.24, 2.45) is 0 Å². The van der Waals surface area contributed by atoms with Crippen molar-refractivity contribution in [1.29, 1.82) is 0 Å². The van der Waals surface area contributed by atoms with Crippen LogP contribution < -0.4 is 5.32 Å². The smallest absolute Gasteiger partial charge is 0.169 e. The Morgan fingerprint density at radius 1 is 1.25 bits per heavy atom. The van der Waals surface area contributed by atoms with Crippen molar-refractivity contribution >= 4 is 0 Å². The van der Waals surface area contributed by atoms with E-state index >= 15 is 0 Å². The zero-order valence-corrected chi connectivity index (χ0v) is 10.6. The molecule has 0 aromatic carbocycles. The number of hydrogen-bond acceptors (Lipinski definition) is 5. The van der Waals surface area contributed by atoms with Crippen LogP contribution in [0.1, 0.15) is 13.3 Å². The highest BCUT2D eigenvalue weighted by molar-refractivity contribution is 4.97. The van der Waals surface area contributed by atoms with E-state index in [1.165, 1.54) is 0 Å². The molecule has 0 heterocycles. The first-order valence-corrected chi connectivity index (χ1v) is 5.70. The third-order valence-corrected chi connectivity index (χ3v) is 2.97. The van der Waals surface area contributed by atoms with Gasteiger partial charge in [-0.05, 0) is 13.3 Å². The molecule has 0 bridgehead atoms. The third kappa shape index (κ3) is 3.40. The second-order valence-corrected chi connectivity index (χ2v) is 3.85. The average molecular weight is 233 g/mol. The summed E-state index contributed by atoms with van der Waals surface area (Å²) in [6.45, 7) is 3.39. The van der Waals surface area contributed by atoms with Gasteiger partial charge in [0.15, 0.2) is 6.29 Å². The molecule has 5 nitrogen and oxygen atoms in total. The minimum absolute atomic E-state index is 0.134. The van der Waals surface area contributed by atoms with Crippen LogP contribution in [0.4, 0.5) is 0 Å². The maximum atomic E-state index is 5.54. The van der Waals surface area contributed by atoms with Gasteiger partial charge < -0.3 is 24.3 Å². The Labute approximate surface area is 97.4 Å². The van der Waals surface area contributed by atoms with Gasteiger partial charge in [0.1, 0.15) is 0 Å². The molecule has 0 spiro atoms. The number of nitrogens with one attached hydrogen (secondary N) is 1. The summed E-state index contributed by atoms with van der Waals surface area (Å²) in [5.74, 6) is 0. The number of hydrogen-bond donors (Lipinski definition) is 1. The van der Waals surface area contributed by atoms with E-state index < -0.39 is 0 Å². The fourth-order valence-corrected chi connectivity index (χ4v) is 1.98. The molecule has 1 N–H and O–H groups in total.